The maximum atomic E-state index is 10.5. The van der Waals surface area contributed by atoms with Crippen molar-refractivity contribution in [3.63, 3.8) is 0 Å². The Morgan fingerprint density at radius 3 is 2.22 bits per heavy atom. The third-order valence-corrected chi connectivity index (χ3v) is 2.00. The highest BCUT2D eigenvalue weighted by Gasteiger charge is 2.06. The number of methoxy groups -OCH3 is 1. The Labute approximate surface area is 67.0 Å². The molecule has 9 heavy (non-hydrogen) atoms. The van der Waals surface area contributed by atoms with Crippen LogP contribution in [0.1, 0.15) is 6.92 Å². The molecule has 0 radical (unpaired) electrons. The Morgan fingerprint density at radius 1 is 1.67 bits per heavy atom. The Morgan fingerprint density at radius 2 is 2.11 bits per heavy atom. The first-order valence-corrected chi connectivity index (χ1v) is 3.37. The van der Waals surface area contributed by atoms with Gasteiger partial charge < -0.3 is 4.74 Å². The van der Waals surface area contributed by atoms with Crippen LogP contribution in [0.4, 0.5) is 0 Å². The summed E-state index contributed by atoms with van der Waals surface area (Å²) >= 11 is 8.37. The zero-order valence-electron chi connectivity index (χ0n) is 5.07. The van der Waals surface area contributed by atoms with Crippen molar-refractivity contribution in [3.05, 3.63) is 9.51 Å². The van der Waals surface area contributed by atoms with Gasteiger partial charge in [0.2, 0.25) is 0 Å². The van der Waals surface area contributed by atoms with E-state index < -0.39 is 5.97 Å². The van der Waals surface area contributed by atoms with Crippen LogP contribution in [0, 0.1) is 0 Å². The first-order chi connectivity index (χ1) is 4.09. The largest absolute Gasteiger partial charge is 0.465 e. The zero-order chi connectivity index (χ0) is 7.44. The minimum absolute atomic E-state index is 0.270. The maximum Gasteiger partial charge on any atom is 0.346 e. The Kier molecular flexibility index (Phi) is 3.89. The van der Waals surface area contributed by atoms with Gasteiger partial charge >= 0.3 is 5.97 Å². The molecule has 0 N–H and O–H groups in total. The summed E-state index contributed by atoms with van der Waals surface area (Å²) in [7, 11) is 1.30. The van der Waals surface area contributed by atoms with Gasteiger partial charge in [-0.05, 0) is 22.9 Å². The van der Waals surface area contributed by atoms with Crippen molar-refractivity contribution >= 4 is 33.5 Å². The average molecular weight is 213 g/mol. The van der Waals surface area contributed by atoms with Crippen LogP contribution >= 0.6 is 27.5 Å². The van der Waals surface area contributed by atoms with Gasteiger partial charge in [-0.3, -0.25) is 0 Å². The Bertz CT molecular complexity index is 149. The lowest BCUT2D eigenvalue weighted by atomic mass is 10.5. The number of carbonyl (C=O) groups excluding carboxylic acids is 1. The van der Waals surface area contributed by atoms with Crippen LogP contribution in [0.15, 0.2) is 9.51 Å². The SMILES string of the molecule is COC(=O)/C(Br)=C(\C)Cl. The van der Waals surface area contributed by atoms with Gasteiger partial charge in [0.05, 0.1) is 7.11 Å². The van der Waals surface area contributed by atoms with E-state index in [0.717, 1.165) is 0 Å². The van der Waals surface area contributed by atoms with E-state index in [2.05, 4.69) is 20.7 Å². The lowest BCUT2D eigenvalue weighted by molar-refractivity contribution is -0.135. The fourth-order valence-corrected chi connectivity index (χ4v) is 0.469. The summed E-state index contributed by atoms with van der Waals surface area (Å²) in [4.78, 5) is 10.5. The molecule has 0 fully saturated rings. The number of halogens is 2. The van der Waals surface area contributed by atoms with E-state index in [1.54, 1.807) is 6.92 Å². The van der Waals surface area contributed by atoms with E-state index in [0.29, 0.717) is 5.03 Å². The predicted octanol–water partition coefficient (Wildman–Crippen LogP) is 2.02. The van der Waals surface area contributed by atoms with E-state index >= 15 is 0 Å². The molecule has 0 saturated carbocycles. The molecule has 0 heterocycles. The van der Waals surface area contributed by atoms with Crippen LogP contribution in [-0.2, 0) is 9.53 Å². The van der Waals surface area contributed by atoms with Crippen molar-refractivity contribution in [2.45, 2.75) is 6.92 Å². The van der Waals surface area contributed by atoms with Crippen LogP contribution in [-0.4, -0.2) is 13.1 Å². The molecule has 0 aliphatic carbocycles. The second kappa shape index (κ2) is 3.90. The summed E-state index contributed by atoms with van der Waals surface area (Å²) < 4.78 is 4.62. The summed E-state index contributed by atoms with van der Waals surface area (Å²) in [5.41, 5.74) is 0. The van der Waals surface area contributed by atoms with Crippen molar-refractivity contribution in [3.8, 4) is 0 Å². The molecule has 0 bridgehead atoms. The van der Waals surface area contributed by atoms with E-state index in [-0.39, 0.29) is 4.48 Å². The summed E-state index contributed by atoms with van der Waals surface area (Å²) in [6, 6.07) is 0. The fraction of sp³-hybridized carbons (Fsp3) is 0.400. The number of allylic oxidation sites excluding steroid dienone is 1. The zero-order valence-corrected chi connectivity index (χ0v) is 7.41. The van der Waals surface area contributed by atoms with Crippen molar-refractivity contribution in [2.24, 2.45) is 0 Å². The Hall–Kier alpha value is -0.0200. The number of rotatable bonds is 1. The van der Waals surface area contributed by atoms with E-state index in [1.807, 2.05) is 0 Å². The molecular weight excluding hydrogens is 207 g/mol. The van der Waals surface area contributed by atoms with Crippen LogP contribution in [0.2, 0.25) is 0 Å². The van der Waals surface area contributed by atoms with Gasteiger partial charge in [-0.2, -0.15) is 0 Å². The van der Waals surface area contributed by atoms with Crippen molar-refractivity contribution in [1.29, 1.82) is 0 Å². The van der Waals surface area contributed by atoms with E-state index in [1.165, 1.54) is 7.11 Å². The molecule has 0 aromatic heterocycles. The molecule has 4 heteroatoms. The van der Waals surface area contributed by atoms with Crippen molar-refractivity contribution in [2.75, 3.05) is 7.11 Å². The highest BCUT2D eigenvalue weighted by molar-refractivity contribution is 9.12. The fourth-order valence-electron chi connectivity index (χ4n) is 0.230. The molecule has 0 amide bonds. The molecular formula is C5H6BrClO2. The van der Waals surface area contributed by atoms with Crippen molar-refractivity contribution in [1.82, 2.24) is 0 Å². The minimum atomic E-state index is -0.456. The summed E-state index contributed by atoms with van der Waals surface area (Å²) in [6.07, 6.45) is 0. The quantitative estimate of drug-likeness (QED) is 0.492. The molecule has 0 atom stereocenters. The van der Waals surface area contributed by atoms with Crippen LogP contribution in [0.25, 0.3) is 0 Å². The molecule has 0 unspecified atom stereocenters. The topological polar surface area (TPSA) is 26.3 Å². The summed E-state index contributed by atoms with van der Waals surface area (Å²) in [6.45, 7) is 1.60. The molecule has 2 nitrogen and oxygen atoms in total. The number of hydrogen-bond donors (Lipinski definition) is 0. The van der Waals surface area contributed by atoms with Gasteiger partial charge in [0.15, 0.2) is 0 Å². The normalized spacial score (nSPS) is 12.4. The smallest absolute Gasteiger partial charge is 0.346 e. The van der Waals surface area contributed by atoms with Crippen LogP contribution in [0.3, 0.4) is 0 Å². The molecule has 0 aliphatic rings. The summed E-state index contributed by atoms with van der Waals surface area (Å²) in [5, 5.41) is 0.391. The molecule has 0 aromatic carbocycles. The highest BCUT2D eigenvalue weighted by atomic mass is 79.9. The number of esters is 1. The van der Waals surface area contributed by atoms with Gasteiger partial charge in [-0.25, -0.2) is 4.79 Å². The highest BCUT2D eigenvalue weighted by Crippen LogP contribution is 2.15. The first kappa shape index (κ1) is 8.98. The molecule has 0 spiro atoms. The standard InChI is InChI=1S/C5H6BrClO2/c1-3(7)4(6)5(8)9-2/h1-2H3/b4-3-. The Balaban J connectivity index is 4.21. The number of hydrogen-bond acceptors (Lipinski definition) is 2. The van der Waals surface area contributed by atoms with Crippen molar-refractivity contribution < 1.29 is 9.53 Å². The lowest BCUT2D eigenvalue weighted by Crippen LogP contribution is -1.99. The van der Waals surface area contributed by atoms with Crippen LogP contribution < -0.4 is 0 Å². The molecule has 0 aromatic rings. The first-order valence-electron chi connectivity index (χ1n) is 2.19. The van der Waals surface area contributed by atoms with E-state index in [9.17, 15) is 4.79 Å². The second-order valence-corrected chi connectivity index (χ2v) is 2.70. The minimum Gasteiger partial charge on any atom is -0.465 e. The van der Waals surface area contributed by atoms with Gasteiger partial charge in [0.1, 0.15) is 4.48 Å². The molecule has 0 aliphatic heterocycles. The predicted molar refractivity (Wildman–Crippen MR) is 39.5 cm³/mol. The van der Waals surface area contributed by atoms with Gasteiger partial charge in [0, 0.05) is 5.03 Å². The van der Waals surface area contributed by atoms with Gasteiger partial charge in [0.25, 0.3) is 0 Å². The third kappa shape index (κ3) is 2.87. The third-order valence-electron chi connectivity index (χ3n) is 0.667. The molecule has 0 rings (SSSR count). The number of ether oxygens (including phenoxy) is 1. The second-order valence-electron chi connectivity index (χ2n) is 1.34. The monoisotopic (exact) mass is 212 g/mol. The lowest BCUT2D eigenvalue weighted by Gasteiger charge is -1.95. The number of carbonyl (C=O) groups is 1. The molecule has 52 valence electrons. The van der Waals surface area contributed by atoms with Gasteiger partial charge in [-0.1, -0.05) is 11.6 Å². The molecule has 0 saturated heterocycles. The average Bonchev–Trinajstić information content (AvgIpc) is 1.84. The van der Waals surface area contributed by atoms with Crippen LogP contribution in [0.5, 0.6) is 0 Å². The van der Waals surface area contributed by atoms with Gasteiger partial charge in [-0.15, -0.1) is 0 Å². The summed E-state index contributed by atoms with van der Waals surface area (Å²) in [5.74, 6) is -0.456. The van der Waals surface area contributed by atoms with E-state index in [4.69, 9.17) is 11.6 Å². The maximum absolute atomic E-state index is 10.5.